The van der Waals surface area contributed by atoms with Crippen LogP contribution in [0.1, 0.15) is 12.5 Å². The second-order valence-corrected chi connectivity index (χ2v) is 2.93. The molecule has 0 fully saturated rings. The minimum Gasteiger partial charge on any atom is -0.273 e. The van der Waals surface area contributed by atoms with E-state index in [0.29, 0.717) is 0 Å². The maximum absolute atomic E-state index is 4.17. The largest absolute Gasteiger partial charge is 0.273 e. The van der Waals surface area contributed by atoms with E-state index in [2.05, 4.69) is 23.6 Å². The molecule has 1 aromatic heterocycles. The van der Waals surface area contributed by atoms with Gasteiger partial charge in [0, 0.05) is 38.9 Å². The van der Waals surface area contributed by atoms with Crippen molar-refractivity contribution in [3.8, 4) is 0 Å². The third-order valence-corrected chi connectivity index (χ3v) is 1.61. The number of hydrogen-bond acceptors (Lipinski definition) is 3. The Morgan fingerprint density at radius 2 is 2.33 bits per heavy atom. The van der Waals surface area contributed by atoms with Crippen LogP contribution in [0.15, 0.2) is 12.4 Å². The summed E-state index contributed by atoms with van der Waals surface area (Å²) < 4.78 is 1.92. The fraction of sp³-hybridized carbons (Fsp3) is 0.625. The number of nitrogens with zero attached hydrogens (tertiary/aromatic N) is 3. The van der Waals surface area contributed by atoms with Crippen LogP contribution in [0.2, 0.25) is 0 Å². The monoisotopic (exact) mass is 168 g/mol. The van der Waals surface area contributed by atoms with Gasteiger partial charge in [-0.1, -0.05) is 0 Å². The smallest absolute Gasteiger partial charge is 0.0535 e. The molecule has 0 saturated heterocycles. The molecule has 0 aliphatic heterocycles. The van der Waals surface area contributed by atoms with Gasteiger partial charge in [-0.05, 0) is 6.92 Å². The van der Waals surface area contributed by atoms with Crippen molar-refractivity contribution in [2.45, 2.75) is 20.0 Å². The fourth-order valence-corrected chi connectivity index (χ4v) is 0.920. The zero-order chi connectivity index (χ0) is 8.97. The molecule has 0 atom stereocenters. The van der Waals surface area contributed by atoms with E-state index in [0.717, 1.165) is 13.1 Å². The molecule has 1 rings (SSSR count). The Morgan fingerprint density at radius 3 is 2.83 bits per heavy atom. The Kier molecular flexibility index (Phi) is 3.25. The summed E-state index contributed by atoms with van der Waals surface area (Å²) in [7, 11) is 3.95. The topological polar surface area (TPSA) is 33.1 Å². The minimum atomic E-state index is 0.840. The van der Waals surface area contributed by atoms with E-state index in [1.54, 1.807) is 0 Å². The molecule has 0 spiro atoms. The Balaban J connectivity index is 2.41. The first-order valence-corrected chi connectivity index (χ1v) is 4.14. The molecule has 0 aromatic carbocycles. The Bertz CT molecular complexity index is 229. The van der Waals surface area contributed by atoms with E-state index < -0.39 is 0 Å². The molecule has 1 N–H and O–H groups in total. The molecule has 4 nitrogen and oxygen atoms in total. The van der Waals surface area contributed by atoms with Crippen molar-refractivity contribution in [3.05, 3.63) is 18.0 Å². The third kappa shape index (κ3) is 2.64. The summed E-state index contributed by atoms with van der Waals surface area (Å²) in [5.41, 5.74) is 4.39. The lowest BCUT2D eigenvalue weighted by Crippen LogP contribution is -2.29. The summed E-state index contributed by atoms with van der Waals surface area (Å²) in [6.45, 7) is 3.85. The lowest BCUT2D eigenvalue weighted by Gasteiger charge is -2.09. The molecular formula is C8H16N4. The maximum atomic E-state index is 4.17. The standard InChI is InChI=1S/C8H16N4/c1-4-12-7-8(6-10-12)5-9-11(2)3/h6-7,9H,4-5H2,1-3H3. The van der Waals surface area contributed by atoms with Crippen LogP contribution in [0.4, 0.5) is 0 Å². The fourth-order valence-electron chi connectivity index (χ4n) is 0.920. The Hall–Kier alpha value is -0.870. The molecule has 68 valence electrons. The van der Waals surface area contributed by atoms with Crippen molar-refractivity contribution < 1.29 is 0 Å². The summed E-state index contributed by atoms with van der Waals surface area (Å²) in [6.07, 6.45) is 3.94. The summed E-state index contributed by atoms with van der Waals surface area (Å²) >= 11 is 0. The van der Waals surface area contributed by atoms with Crippen LogP contribution in [0, 0.1) is 0 Å². The normalized spacial score (nSPS) is 11.0. The van der Waals surface area contributed by atoms with Crippen LogP contribution in [-0.4, -0.2) is 28.9 Å². The third-order valence-electron chi connectivity index (χ3n) is 1.61. The lowest BCUT2D eigenvalue weighted by molar-refractivity contribution is 0.286. The van der Waals surface area contributed by atoms with Gasteiger partial charge < -0.3 is 0 Å². The van der Waals surface area contributed by atoms with Gasteiger partial charge in [0.05, 0.1) is 6.20 Å². The molecule has 0 aliphatic rings. The van der Waals surface area contributed by atoms with Gasteiger partial charge in [0.25, 0.3) is 0 Å². The van der Waals surface area contributed by atoms with Gasteiger partial charge >= 0.3 is 0 Å². The van der Waals surface area contributed by atoms with E-state index >= 15 is 0 Å². The lowest BCUT2D eigenvalue weighted by atomic mass is 10.4. The zero-order valence-corrected chi connectivity index (χ0v) is 7.91. The Labute approximate surface area is 73.1 Å². The van der Waals surface area contributed by atoms with Gasteiger partial charge in [-0.3, -0.25) is 15.1 Å². The number of aromatic nitrogens is 2. The van der Waals surface area contributed by atoms with Crippen molar-refractivity contribution in [2.24, 2.45) is 0 Å². The maximum Gasteiger partial charge on any atom is 0.0535 e. The van der Waals surface area contributed by atoms with Gasteiger partial charge in [-0.15, -0.1) is 0 Å². The number of hydrogen-bond donors (Lipinski definition) is 1. The zero-order valence-electron chi connectivity index (χ0n) is 7.91. The van der Waals surface area contributed by atoms with E-state index in [9.17, 15) is 0 Å². The quantitative estimate of drug-likeness (QED) is 0.663. The van der Waals surface area contributed by atoms with Crippen molar-refractivity contribution in [1.29, 1.82) is 0 Å². The molecule has 1 heterocycles. The van der Waals surface area contributed by atoms with Gasteiger partial charge in [-0.25, -0.2) is 0 Å². The highest BCUT2D eigenvalue weighted by molar-refractivity contribution is 5.02. The highest BCUT2D eigenvalue weighted by atomic mass is 15.5. The van der Waals surface area contributed by atoms with E-state index in [1.165, 1.54) is 5.56 Å². The molecule has 0 amide bonds. The molecule has 0 unspecified atom stereocenters. The van der Waals surface area contributed by atoms with Crippen molar-refractivity contribution in [3.63, 3.8) is 0 Å². The van der Waals surface area contributed by atoms with Crippen LogP contribution in [0.5, 0.6) is 0 Å². The van der Waals surface area contributed by atoms with Gasteiger partial charge in [0.15, 0.2) is 0 Å². The number of hydrazine groups is 1. The molecular weight excluding hydrogens is 152 g/mol. The summed E-state index contributed by atoms with van der Waals surface area (Å²) in [4.78, 5) is 0. The minimum absolute atomic E-state index is 0.840. The highest BCUT2D eigenvalue weighted by Crippen LogP contribution is 1.96. The van der Waals surface area contributed by atoms with E-state index in [4.69, 9.17) is 0 Å². The number of aryl methyl sites for hydroxylation is 1. The average Bonchev–Trinajstić information content (AvgIpc) is 2.48. The summed E-state index contributed by atoms with van der Waals surface area (Å²) in [5, 5.41) is 6.10. The number of rotatable bonds is 4. The molecule has 4 heteroatoms. The van der Waals surface area contributed by atoms with Crippen molar-refractivity contribution in [1.82, 2.24) is 20.2 Å². The molecule has 12 heavy (non-hydrogen) atoms. The molecule has 0 aliphatic carbocycles. The molecule has 0 radical (unpaired) electrons. The summed E-state index contributed by atoms with van der Waals surface area (Å²) in [5.74, 6) is 0. The predicted octanol–water partition coefficient (Wildman–Crippen LogP) is 0.469. The van der Waals surface area contributed by atoms with Crippen LogP contribution in [0.25, 0.3) is 0 Å². The van der Waals surface area contributed by atoms with Gasteiger partial charge in [0.1, 0.15) is 0 Å². The van der Waals surface area contributed by atoms with E-state index in [1.807, 2.05) is 30.0 Å². The van der Waals surface area contributed by atoms with Gasteiger partial charge in [0.2, 0.25) is 0 Å². The molecule has 0 saturated carbocycles. The van der Waals surface area contributed by atoms with Crippen LogP contribution >= 0.6 is 0 Å². The van der Waals surface area contributed by atoms with Crippen LogP contribution < -0.4 is 5.43 Å². The average molecular weight is 168 g/mol. The van der Waals surface area contributed by atoms with Crippen molar-refractivity contribution in [2.75, 3.05) is 14.1 Å². The molecule has 0 bridgehead atoms. The Morgan fingerprint density at radius 1 is 1.58 bits per heavy atom. The highest BCUT2D eigenvalue weighted by Gasteiger charge is 1.96. The first-order chi connectivity index (χ1) is 5.72. The predicted molar refractivity (Wildman–Crippen MR) is 48.4 cm³/mol. The van der Waals surface area contributed by atoms with Crippen molar-refractivity contribution >= 4 is 0 Å². The van der Waals surface area contributed by atoms with Crippen LogP contribution in [-0.2, 0) is 13.1 Å². The first-order valence-electron chi connectivity index (χ1n) is 4.14. The summed E-state index contributed by atoms with van der Waals surface area (Å²) in [6, 6.07) is 0. The molecule has 1 aromatic rings. The van der Waals surface area contributed by atoms with Crippen LogP contribution in [0.3, 0.4) is 0 Å². The SMILES string of the molecule is CCn1cc(CNN(C)C)cn1. The second kappa shape index (κ2) is 4.23. The first kappa shape index (κ1) is 9.22. The van der Waals surface area contributed by atoms with E-state index in [-0.39, 0.29) is 0 Å². The second-order valence-electron chi connectivity index (χ2n) is 2.93. The number of nitrogens with one attached hydrogen (secondary N) is 1. The van der Waals surface area contributed by atoms with Gasteiger partial charge in [-0.2, -0.15) is 5.10 Å².